The minimum atomic E-state index is -3.67. The van der Waals surface area contributed by atoms with Gasteiger partial charge >= 0.3 is 0 Å². The summed E-state index contributed by atoms with van der Waals surface area (Å²) in [6, 6.07) is 6.60. The van der Waals surface area contributed by atoms with Crippen LogP contribution in [0.3, 0.4) is 0 Å². The van der Waals surface area contributed by atoms with Crippen molar-refractivity contribution in [2.24, 2.45) is 5.92 Å². The third-order valence-electron chi connectivity index (χ3n) is 5.64. The molecule has 0 radical (unpaired) electrons. The summed E-state index contributed by atoms with van der Waals surface area (Å²) in [5.41, 5.74) is 0.445. The Hall–Kier alpha value is -2.06. The molecule has 2 heterocycles. The molecule has 1 unspecified atom stereocenters. The Bertz CT molecular complexity index is 883. The number of hydrogen-bond acceptors (Lipinski definition) is 5. The van der Waals surface area contributed by atoms with Gasteiger partial charge in [0.25, 0.3) is 10.0 Å². The second kappa shape index (κ2) is 9.17. The molecule has 4 rings (SSSR count). The number of hydrogen-bond donors (Lipinski definition) is 1. The van der Waals surface area contributed by atoms with Gasteiger partial charge in [0.15, 0.2) is 0 Å². The van der Waals surface area contributed by atoms with Crippen molar-refractivity contribution in [3.63, 3.8) is 0 Å². The Morgan fingerprint density at radius 3 is 2.62 bits per heavy atom. The lowest BCUT2D eigenvalue weighted by Gasteiger charge is -2.21. The van der Waals surface area contributed by atoms with Gasteiger partial charge in [0.1, 0.15) is 5.75 Å². The zero-order valence-corrected chi connectivity index (χ0v) is 17.4. The molecule has 0 amide bonds. The van der Waals surface area contributed by atoms with Crippen molar-refractivity contribution < 1.29 is 17.9 Å². The number of rotatable bonds is 8. The fraction of sp³-hybridized carbons (Fsp3) is 0.571. The maximum atomic E-state index is 12.7. The summed E-state index contributed by atoms with van der Waals surface area (Å²) in [6.45, 7) is 2.12. The third kappa shape index (κ3) is 5.51. The van der Waals surface area contributed by atoms with Crippen molar-refractivity contribution in [3.8, 4) is 5.75 Å². The SMILES string of the molecule is O=S(=O)(Nc1cnn(CC2CCCO2)c1)c1ccc(OCC2CCCCC2)cc1. The van der Waals surface area contributed by atoms with Crippen molar-refractivity contribution in [3.05, 3.63) is 36.7 Å². The molecule has 1 aliphatic carbocycles. The first-order chi connectivity index (χ1) is 14.1. The van der Waals surface area contributed by atoms with E-state index in [0.29, 0.717) is 30.5 Å². The van der Waals surface area contributed by atoms with Crippen LogP contribution in [0.1, 0.15) is 44.9 Å². The zero-order chi connectivity index (χ0) is 20.1. The molecule has 1 saturated carbocycles. The van der Waals surface area contributed by atoms with E-state index in [1.54, 1.807) is 35.1 Å². The molecule has 1 aliphatic heterocycles. The standard InChI is InChI=1S/C21H29N3O4S/c25-29(26,23-18-13-22-24(14-18)15-20-7-4-12-27-20)21-10-8-19(9-11-21)28-16-17-5-2-1-3-6-17/h8-11,13-14,17,20,23H,1-7,12,15-16H2. The van der Waals surface area contributed by atoms with E-state index in [4.69, 9.17) is 9.47 Å². The van der Waals surface area contributed by atoms with Crippen molar-refractivity contribution in [1.29, 1.82) is 0 Å². The molecule has 8 heteroatoms. The largest absolute Gasteiger partial charge is 0.493 e. The van der Waals surface area contributed by atoms with E-state index in [2.05, 4.69) is 9.82 Å². The summed E-state index contributed by atoms with van der Waals surface area (Å²) in [6.07, 6.45) is 11.8. The van der Waals surface area contributed by atoms with Crippen molar-refractivity contribution in [2.75, 3.05) is 17.9 Å². The van der Waals surface area contributed by atoms with Crippen LogP contribution in [0, 0.1) is 5.92 Å². The quantitative estimate of drug-likeness (QED) is 0.703. The van der Waals surface area contributed by atoms with Gasteiger partial charge in [0.2, 0.25) is 0 Å². The van der Waals surface area contributed by atoms with Gasteiger partial charge in [-0.2, -0.15) is 5.10 Å². The van der Waals surface area contributed by atoms with Crippen molar-refractivity contribution in [2.45, 2.75) is 62.5 Å². The molecule has 2 aliphatic rings. The van der Waals surface area contributed by atoms with Gasteiger partial charge in [-0.25, -0.2) is 8.42 Å². The third-order valence-corrected chi connectivity index (χ3v) is 7.04. The van der Waals surface area contributed by atoms with Crippen molar-refractivity contribution in [1.82, 2.24) is 9.78 Å². The van der Waals surface area contributed by atoms with E-state index in [9.17, 15) is 8.42 Å². The van der Waals surface area contributed by atoms with Crippen LogP contribution in [0.4, 0.5) is 5.69 Å². The van der Waals surface area contributed by atoms with E-state index >= 15 is 0 Å². The predicted molar refractivity (Wildman–Crippen MR) is 111 cm³/mol. The maximum Gasteiger partial charge on any atom is 0.261 e. The molecule has 7 nitrogen and oxygen atoms in total. The van der Waals surface area contributed by atoms with E-state index in [-0.39, 0.29) is 11.0 Å². The van der Waals surface area contributed by atoms with Crippen LogP contribution in [-0.4, -0.2) is 37.5 Å². The van der Waals surface area contributed by atoms with Gasteiger partial charge in [-0.3, -0.25) is 9.40 Å². The first kappa shape index (κ1) is 20.2. The highest BCUT2D eigenvalue weighted by Gasteiger charge is 2.19. The van der Waals surface area contributed by atoms with E-state index in [0.717, 1.165) is 19.4 Å². The molecule has 1 aromatic heterocycles. The Kier molecular flexibility index (Phi) is 6.40. The zero-order valence-electron chi connectivity index (χ0n) is 16.6. The summed E-state index contributed by atoms with van der Waals surface area (Å²) in [5.74, 6) is 1.32. The Balaban J connectivity index is 1.32. The Labute approximate surface area is 172 Å². The summed E-state index contributed by atoms with van der Waals surface area (Å²) in [7, 11) is -3.67. The van der Waals surface area contributed by atoms with Gasteiger partial charge < -0.3 is 9.47 Å². The molecule has 0 spiro atoms. The maximum absolute atomic E-state index is 12.7. The van der Waals surface area contributed by atoms with Crippen LogP contribution in [0.2, 0.25) is 0 Å². The number of benzene rings is 1. The topological polar surface area (TPSA) is 82.5 Å². The number of nitrogens with zero attached hydrogens (tertiary/aromatic N) is 2. The highest BCUT2D eigenvalue weighted by Crippen LogP contribution is 2.25. The molecule has 0 bridgehead atoms. The van der Waals surface area contributed by atoms with Crippen LogP contribution in [0.25, 0.3) is 0 Å². The normalized spacial score (nSPS) is 20.6. The van der Waals surface area contributed by atoms with Gasteiger partial charge in [-0.15, -0.1) is 0 Å². The monoisotopic (exact) mass is 419 g/mol. The summed E-state index contributed by atoms with van der Waals surface area (Å²) < 4.78 is 41.1. The minimum absolute atomic E-state index is 0.153. The average molecular weight is 420 g/mol. The van der Waals surface area contributed by atoms with Crippen molar-refractivity contribution >= 4 is 15.7 Å². The van der Waals surface area contributed by atoms with Crippen LogP contribution in [0.5, 0.6) is 5.75 Å². The number of ether oxygens (including phenoxy) is 2. The van der Waals surface area contributed by atoms with Gasteiger partial charge in [-0.1, -0.05) is 19.3 Å². The molecule has 158 valence electrons. The fourth-order valence-corrected chi connectivity index (χ4v) is 5.04. The van der Waals surface area contributed by atoms with E-state index < -0.39 is 10.0 Å². The summed E-state index contributed by atoms with van der Waals surface area (Å²) >= 11 is 0. The lowest BCUT2D eigenvalue weighted by atomic mass is 9.90. The molecule has 2 aromatic rings. The van der Waals surface area contributed by atoms with Crippen LogP contribution < -0.4 is 9.46 Å². The summed E-state index contributed by atoms with van der Waals surface area (Å²) in [5, 5.41) is 4.23. The highest BCUT2D eigenvalue weighted by molar-refractivity contribution is 7.92. The first-order valence-electron chi connectivity index (χ1n) is 10.5. The van der Waals surface area contributed by atoms with E-state index in [1.165, 1.54) is 38.3 Å². The van der Waals surface area contributed by atoms with Crippen LogP contribution in [-0.2, 0) is 21.3 Å². The number of sulfonamides is 1. The Morgan fingerprint density at radius 1 is 1.10 bits per heavy atom. The average Bonchev–Trinajstić information content (AvgIpc) is 3.40. The van der Waals surface area contributed by atoms with Gasteiger partial charge in [0.05, 0.1) is 36.0 Å². The lowest BCUT2D eigenvalue weighted by molar-refractivity contribution is 0.0940. The molecular weight excluding hydrogens is 390 g/mol. The van der Waals surface area contributed by atoms with Gasteiger partial charge in [0, 0.05) is 12.8 Å². The Morgan fingerprint density at radius 2 is 1.90 bits per heavy atom. The second-order valence-corrected chi connectivity index (χ2v) is 9.66. The lowest BCUT2D eigenvalue weighted by Crippen LogP contribution is -2.16. The number of nitrogens with one attached hydrogen (secondary N) is 1. The molecule has 1 atom stereocenters. The molecule has 1 saturated heterocycles. The highest BCUT2D eigenvalue weighted by atomic mass is 32.2. The minimum Gasteiger partial charge on any atom is -0.493 e. The molecule has 29 heavy (non-hydrogen) atoms. The van der Waals surface area contributed by atoms with Crippen LogP contribution in [0.15, 0.2) is 41.6 Å². The van der Waals surface area contributed by atoms with E-state index in [1.807, 2.05) is 0 Å². The molecule has 1 N–H and O–H groups in total. The number of anilines is 1. The second-order valence-electron chi connectivity index (χ2n) is 7.98. The fourth-order valence-electron chi connectivity index (χ4n) is 4.01. The number of aromatic nitrogens is 2. The predicted octanol–water partition coefficient (Wildman–Crippen LogP) is 3.82. The molecule has 2 fully saturated rings. The smallest absolute Gasteiger partial charge is 0.261 e. The molecule has 1 aromatic carbocycles. The first-order valence-corrected chi connectivity index (χ1v) is 12.0. The summed E-state index contributed by atoms with van der Waals surface area (Å²) in [4.78, 5) is 0.203. The molecular formula is C21H29N3O4S. The van der Waals surface area contributed by atoms with Gasteiger partial charge in [-0.05, 0) is 55.9 Å². The van der Waals surface area contributed by atoms with Crippen LogP contribution >= 0.6 is 0 Å².